The average Bonchev–Trinajstić information content (AvgIpc) is 3.36. The summed E-state index contributed by atoms with van der Waals surface area (Å²) >= 11 is 6.03. The van der Waals surface area contributed by atoms with Crippen LogP contribution in [-0.4, -0.2) is 27.5 Å². The first-order chi connectivity index (χ1) is 13.2. The Morgan fingerprint density at radius 2 is 2.04 bits per heavy atom. The van der Waals surface area contributed by atoms with Gasteiger partial charge in [0.1, 0.15) is 6.04 Å². The molecule has 0 spiro atoms. The standard InChI is InChI=1S/C21H18ClN3O2/c22-17-9-4-8-16(14-17)20-23-21(27-24-20)18-10-5-13-25(18)19(26)12-11-15-6-2-1-3-7-15/h1-4,6-9,11-12,14,18H,5,10,13H2/b12-11+. The maximum atomic E-state index is 12.7. The van der Waals surface area contributed by atoms with Gasteiger partial charge < -0.3 is 9.42 Å². The van der Waals surface area contributed by atoms with E-state index >= 15 is 0 Å². The van der Waals surface area contributed by atoms with Gasteiger partial charge in [-0.15, -0.1) is 0 Å². The second-order valence-electron chi connectivity index (χ2n) is 6.40. The first kappa shape index (κ1) is 17.5. The minimum absolute atomic E-state index is 0.0520. The Morgan fingerprint density at radius 1 is 1.19 bits per heavy atom. The molecule has 0 N–H and O–H groups in total. The van der Waals surface area contributed by atoms with Crippen molar-refractivity contribution in [3.63, 3.8) is 0 Å². The number of nitrogens with zero attached hydrogens (tertiary/aromatic N) is 3. The molecule has 0 aliphatic carbocycles. The molecule has 0 bridgehead atoms. The van der Waals surface area contributed by atoms with Crippen molar-refractivity contribution in [3.05, 3.63) is 77.2 Å². The first-order valence-electron chi connectivity index (χ1n) is 8.84. The fraction of sp³-hybridized carbons (Fsp3) is 0.190. The third kappa shape index (κ3) is 3.93. The molecule has 1 fully saturated rings. The van der Waals surface area contributed by atoms with Crippen LogP contribution in [0.25, 0.3) is 17.5 Å². The van der Waals surface area contributed by atoms with Gasteiger partial charge >= 0.3 is 0 Å². The second kappa shape index (κ2) is 7.76. The van der Waals surface area contributed by atoms with Gasteiger partial charge in [0.2, 0.25) is 17.6 Å². The van der Waals surface area contributed by atoms with Crippen LogP contribution in [0.5, 0.6) is 0 Å². The molecule has 2 heterocycles. The van der Waals surface area contributed by atoms with Gasteiger partial charge in [-0.3, -0.25) is 4.79 Å². The van der Waals surface area contributed by atoms with E-state index in [9.17, 15) is 4.79 Å². The Labute approximate surface area is 162 Å². The van der Waals surface area contributed by atoms with E-state index in [4.69, 9.17) is 16.1 Å². The highest BCUT2D eigenvalue weighted by Crippen LogP contribution is 2.32. The molecule has 27 heavy (non-hydrogen) atoms. The fourth-order valence-corrected chi connectivity index (χ4v) is 3.42. The number of hydrogen-bond donors (Lipinski definition) is 0. The summed E-state index contributed by atoms with van der Waals surface area (Å²) in [7, 11) is 0. The summed E-state index contributed by atoms with van der Waals surface area (Å²) < 4.78 is 5.46. The topological polar surface area (TPSA) is 59.2 Å². The molecule has 1 aliphatic rings. The average molecular weight is 380 g/mol. The monoisotopic (exact) mass is 379 g/mol. The van der Waals surface area contributed by atoms with E-state index in [1.54, 1.807) is 23.1 Å². The predicted molar refractivity (Wildman–Crippen MR) is 104 cm³/mol. The Morgan fingerprint density at radius 3 is 2.85 bits per heavy atom. The smallest absolute Gasteiger partial charge is 0.249 e. The van der Waals surface area contributed by atoms with E-state index in [2.05, 4.69) is 10.1 Å². The van der Waals surface area contributed by atoms with Crippen molar-refractivity contribution in [1.82, 2.24) is 15.0 Å². The largest absolute Gasteiger partial charge is 0.337 e. The first-order valence-corrected chi connectivity index (χ1v) is 9.22. The lowest BCUT2D eigenvalue weighted by Gasteiger charge is -2.20. The third-order valence-corrected chi connectivity index (χ3v) is 4.80. The van der Waals surface area contributed by atoms with Crippen LogP contribution < -0.4 is 0 Å². The van der Waals surface area contributed by atoms with Crippen LogP contribution in [0.4, 0.5) is 0 Å². The van der Waals surface area contributed by atoms with Crippen molar-refractivity contribution in [1.29, 1.82) is 0 Å². The lowest BCUT2D eigenvalue weighted by atomic mass is 10.2. The molecular formula is C21H18ClN3O2. The maximum Gasteiger partial charge on any atom is 0.249 e. The number of carbonyl (C=O) groups is 1. The number of carbonyl (C=O) groups excluding carboxylic acids is 1. The zero-order valence-electron chi connectivity index (χ0n) is 14.6. The molecule has 0 saturated carbocycles. The van der Waals surface area contributed by atoms with Gasteiger partial charge in [-0.1, -0.05) is 59.2 Å². The van der Waals surface area contributed by atoms with Crippen molar-refractivity contribution >= 4 is 23.6 Å². The van der Waals surface area contributed by atoms with Crippen LogP contribution in [0.3, 0.4) is 0 Å². The third-order valence-electron chi connectivity index (χ3n) is 4.56. The summed E-state index contributed by atoms with van der Waals surface area (Å²) in [6.45, 7) is 0.678. The van der Waals surface area contributed by atoms with E-state index < -0.39 is 0 Å². The zero-order valence-corrected chi connectivity index (χ0v) is 15.3. The van der Waals surface area contributed by atoms with Crippen LogP contribution >= 0.6 is 11.6 Å². The number of hydrogen-bond acceptors (Lipinski definition) is 4. The van der Waals surface area contributed by atoms with Crippen molar-refractivity contribution < 1.29 is 9.32 Å². The normalized spacial score (nSPS) is 16.9. The van der Waals surface area contributed by atoms with E-state index in [-0.39, 0.29) is 11.9 Å². The SMILES string of the molecule is O=C(/C=C/c1ccccc1)N1CCCC1c1nc(-c2cccc(Cl)c2)no1. The molecule has 5 nitrogen and oxygen atoms in total. The molecule has 2 aromatic carbocycles. The van der Waals surface area contributed by atoms with Gasteiger partial charge in [0.25, 0.3) is 0 Å². The Balaban J connectivity index is 1.52. The Hall–Kier alpha value is -2.92. The minimum atomic E-state index is -0.196. The number of likely N-dealkylation sites (tertiary alicyclic amines) is 1. The summed E-state index contributed by atoms with van der Waals surface area (Å²) in [4.78, 5) is 18.9. The summed E-state index contributed by atoms with van der Waals surface area (Å²) in [5.74, 6) is 0.888. The number of amides is 1. The number of halogens is 1. The number of aromatic nitrogens is 2. The van der Waals surface area contributed by atoms with Gasteiger partial charge in [0, 0.05) is 23.2 Å². The highest BCUT2D eigenvalue weighted by atomic mass is 35.5. The van der Waals surface area contributed by atoms with E-state index in [0.717, 1.165) is 24.0 Å². The molecule has 0 radical (unpaired) electrons. The van der Waals surface area contributed by atoms with Crippen molar-refractivity contribution in [3.8, 4) is 11.4 Å². The highest BCUT2D eigenvalue weighted by Gasteiger charge is 2.33. The zero-order chi connectivity index (χ0) is 18.6. The van der Waals surface area contributed by atoms with Crippen molar-refractivity contribution in [2.75, 3.05) is 6.54 Å². The van der Waals surface area contributed by atoms with E-state index in [0.29, 0.717) is 23.3 Å². The van der Waals surface area contributed by atoms with Crippen molar-refractivity contribution in [2.24, 2.45) is 0 Å². The summed E-state index contributed by atoms with van der Waals surface area (Å²) in [5, 5.41) is 4.67. The molecule has 4 rings (SSSR count). The van der Waals surface area contributed by atoms with Crippen molar-refractivity contribution in [2.45, 2.75) is 18.9 Å². The summed E-state index contributed by atoms with van der Waals surface area (Å²) in [6, 6.07) is 16.9. The Bertz CT molecular complexity index is 968. The summed E-state index contributed by atoms with van der Waals surface area (Å²) in [6.07, 6.45) is 5.14. The molecule has 1 saturated heterocycles. The molecule has 1 aliphatic heterocycles. The van der Waals surface area contributed by atoms with Crippen LogP contribution in [0.1, 0.15) is 30.3 Å². The van der Waals surface area contributed by atoms with E-state index in [1.165, 1.54) is 0 Å². The number of rotatable bonds is 4. The number of benzene rings is 2. The van der Waals surface area contributed by atoms with Gasteiger partial charge in [-0.25, -0.2) is 0 Å². The minimum Gasteiger partial charge on any atom is -0.337 e. The Kier molecular flexibility index (Phi) is 5.03. The molecule has 136 valence electrons. The van der Waals surface area contributed by atoms with Crippen LogP contribution in [0, 0.1) is 0 Å². The second-order valence-corrected chi connectivity index (χ2v) is 6.84. The quantitative estimate of drug-likeness (QED) is 0.613. The lowest BCUT2D eigenvalue weighted by molar-refractivity contribution is -0.127. The predicted octanol–water partition coefficient (Wildman–Crippen LogP) is 4.77. The molecule has 1 unspecified atom stereocenters. The van der Waals surface area contributed by atoms with Crippen LogP contribution in [0.2, 0.25) is 5.02 Å². The molecule has 1 amide bonds. The van der Waals surface area contributed by atoms with Gasteiger partial charge in [0.15, 0.2) is 0 Å². The highest BCUT2D eigenvalue weighted by molar-refractivity contribution is 6.30. The molecule has 6 heteroatoms. The van der Waals surface area contributed by atoms with Gasteiger partial charge in [-0.2, -0.15) is 4.98 Å². The fourth-order valence-electron chi connectivity index (χ4n) is 3.23. The molecule has 3 aromatic rings. The van der Waals surface area contributed by atoms with Crippen LogP contribution in [-0.2, 0) is 4.79 Å². The van der Waals surface area contributed by atoms with Gasteiger partial charge in [0.05, 0.1) is 0 Å². The molecule has 1 aromatic heterocycles. The van der Waals surface area contributed by atoms with Gasteiger partial charge in [-0.05, 0) is 36.6 Å². The van der Waals surface area contributed by atoms with E-state index in [1.807, 2.05) is 48.5 Å². The van der Waals surface area contributed by atoms with Crippen LogP contribution in [0.15, 0.2) is 65.2 Å². The lowest BCUT2D eigenvalue weighted by Crippen LogP contribution is -2.29. The maximum absolute atomic E-state index is 12.7. The molecule has 1 atom stereocenters. The molecular weight excluding hydrogens is 362 g/mol. The summed E-state index contributed by atoms with van der Waals surface area (Å²) in [5.41, 5.74) is 1.78.